The largest absolute Gasteiger partial charge is 0.312 e. The summed E-state index contributed by atoms with van der Waals surface area (Å²) in [6, 6.07) is 7.59. The Morgan fingerprint density at radius 1 is 1.12 bits per heavy atom. The number of hydrogen-bond donors (Lipinski definition) is 2. The molecule has 3 heterocycles. The number of fused-ring (bicyclic) bond motifs is 1. The van der Waals surface area contributed by atoms with Crippen molar-refractivity contribution in [2.75, 3.05) is 16.8 Å². The molecule has 1 aromatic carbocycles. The van der Waals surface area contributed by atoms with Crippen molar-refractivity contribution in [2.24, 2.45) is 5.92 Å². The normalized spacial score (nSPS) is 17.5. The summed E-state index contributed by atoms with van der Waals surface area (Å²) in [6.07, 6.45) is 2.53. The molecule has 2 amide bonds. The standard InChI is InChI=1S/C24H26N6O3/c1-13-7-8-17(9-14(13)2)29-12-16(11-21(29)31)22(32)26-20-10-15(3)28-30(20)24-25-19-6-4-5-18(19)23(33)27-24/h7-10,16H,4-6,11-12H2,1-3H3,(H,26,32)(H,25,27,33)/t16-/m0/s1. The van der Waals surface area contributed by atoms with Crippen LogP contribution in [0.25, 0.3) is 5.95 Å². The maximum Gasteiger partial charge on any atom is 0.255 e. The predicted molar refractivity (Wildman–Crippen MR) is 124 cm³/mol. The Hall–Kier alpha value is -3.75. The average Bonchev–Trinajstić information content (AvgIpc) is 3.48. The van der Waals surface area contributed by atoms with E-state index < -0.39 is 5.92 Å². The van der Waals surface area contributed by atoms with Crippen molar-refractivity contribution in [3.05, 3.63) is 62.7 Å². The fraction of sp³-hybridized carbons (Fsp3) is 0.375. The number of aromatic amines is 1. The van der Waals surface area contributed by atoms with Gasteiger partial charge in [0, 0.05) is 30.3 Å². The Morgan fingerprint density at radius 2 is 1.94 bits per heavy atom. The molecule has 0 bridgehead atoms. The first-order valence-corrected chi connectivity index (χ1v) is 11.2. The molecule has 9 nitrogen and oxygen atoms in total. The van der Waals surface area contributed by atoms with Crippen LogP contribution in [-0.2, 0) is 22.4 Å². The Balaban J connectivity index is 1.37. The fourth-order valence-corrected chi connectivity index (χ4v) is 4.53. The molecule has 0 radical (unpaired) electrons. The number of nitrogens with one attached hydrogen (secondary N) is 2. The number of benzene rings is 1. The Morgan fingerprint density at radius 3 is 2.73 bits per heavy atom. The summed E-state index contributed by atoms with van der Waals surface area (Å²) in [6.45, 7) is 6.15. The molecule has 9 heteroatoms. The zero-order valence-electron chi connectivity index (χ0n) is 18.9. The lowest BCUT2D eigenvalue weighted by molar-refractivity contribution is -0.122. The summed E-state index contributed by atoms with van der Waals surface area (Å²) in [7, 11) is 0. The number of carbonyl (C=O) groups excluding carboxylic acids is 2. The lowest BCUT2D eigenvalue weighted by atomic mass is 10.1. The van der Waals surface area contributed by atoms with Crippen LogP contribution >= 0.6 is 0 Å². The predicted octanol–water partition coefficient (Wildman–Crippen LogP) is 2.36. The van der Waals surface area contributed by atoms with E-state index in [9.17, 15) is 14.4 Å². The number of carbonyl (C=O) groups is 2. The van der Waals surface area contributed by atoms with Gasteiger partial charge in [0.15, 0.2) is 0 Å². The summed E-state index contributed by atoms with van der Waals surface area (Å²) in [5, 5.41) is 7.31. The minimum absolute atomic E-state index is 0.0762. The first-order valence-electron chi connectivity index (χ1n) is 11.2. The molecule has 1 aliphatic carbocycles. The second-order valence-electron chi connectivity index (χ2n) is 8.91. The first-order chi connectivity index (χ1) is 15.8. The van der Waals surface area contributed by atoms with Crippen molar-refractivity contribution in [3.8, 4) is 5.95 Å². The number of rotatable bonds is 4. The fourth-order valence-electron chi connectivity index (χ4n) is 4.53. The van der Waals surface area contributed by atoms with Crippen molar-refractivity contribution in [2.45, 2.75) is 46.5 Å². The van der Waals surface area contributed by atoms with Gasteiger partial charge in [-0.3, -0.25) is 19.4 Å². The molecule has 170 valence electrons. The zero-order chi connectivity index (χ0) is 23.3. The number of aromatic nitrogens is 4. The van der Waals surface area contributed by atoms with Gasteiger partial charge in [0.2, 0.25) is 17.8 Å². The third-order valence-electron chi connectivity index (χ3n) is 6.51. The second kappa shape index (κ2) is 7.99. The van der Waals surface area contributed by atoms with Crippen molar-refractivity contribution in [1.29, 1.82) is 0 Å². The van der Waals surface area contributed by atoms with Gasteiger partial charge in [0.1, 0.15) is 5.82 Å². The molecule has 0 spiro atoms. The monoisotopic (exact) mass is 446 g/mol. The van der Waals surface area contributed by atoms with Crippen LogP contribution in [0, 0.1) is 26.7 Å². The molecule has 33 heavy (non-hydrogen) atoms. The van der Waals surface area contributed by atoms with Gasteiger partial charge in [-0.25, -0.2) is 4.98 Å². The molecule has 3 aromatic rings. The maximum atomic E-state index is 13.1. The smallest absolute Gasteiger partial charge is 0.255 e. The lowest BCUT2D eigenvalue weighted by Gasteiger charge is -2.18. The SMILES string of the molecule is Cc1cc(NC(=O)[C@H]2CC(=O)N(c3ccc(C)c(C)c3)C2)n(-c2nc3c(c(=O)[nH]2)CCC3)n1. The maximum absolute atomic E-state index is 13.1. The number of hydrogen-bond acceptors (Lipinski definition) is 5. The summed E-state index contributed by atoms with van der Waals surface area (Å²) in [5.41, 5.74) is 5.08. The van der Waals surface area contributed by atoms with Crippen molar-refractivity contribution in [1.82, 2.24) is 19.7 Å². The summed E-state index contributed by atoms with van der Waals surface area (Å²) in [4.78, 5) is 47.2. The van der Waals surface area contributed by atoms with Gasteiger partial charge in [-0.15, -0.1) is 0 Å². The van der Waals surface area contributed by atoms with E-state index in [0.29, 0.717) is 18.1 Å². The highest BCUT2D eigenvalue weighted by molar-refractivity contribution is 6.03. The van der Waals surface area contributed by atoms with E-state index in [1.54, 1.807) is 17.9 Å². The van der Waals surface area contributed by atoms with Crippen LogP contribution in [0.5, 0.6) is 0 Å². The molecule has 0 saturated carbocycles. The van der Waals surface area contributed by atoms with Crippen molar-refractivity contribution < 1.29 is 9.59 Å². The van der Waals surface area contributed by atoms with Crippen molar-refractivity contribution >= 4 is 23.3 Å². The van der Waals surface area contributed by atoms with Crippen LogP contribution in [0.3, 0.4) is 0 Å². The van der Waals surface area contributed by atoms with Crippen LogP contribution in [0.2, 0.25) is 0 Å². The van der Waals surface area contributed by atoms with Gasteiger partial charge in [-0.05, 0) is 63.3 Å². The molecule has 2 N–H and O–H groups in total. The van der Waals surface area contributed by atoms with Gasteiger partial charge in [0.05, 0.1) is 17.3 Å². The van der Waals surface area contributed by atoms with Crippen LogP contribution in [0.15, 0.2) is 29.1 Å². The van der Waals surface area contributed by atoms with E-state index in [2.05, 4.69) is 20.4 Å². The summed E-state index contributed by atoms with van der Waals surface area (Å²) >= 11 is 0. The van der Waals surface area contributed by atoms with Gasteiger partial charge < -0.3 is 10.2 Å². The molecule has 5 rings (SSSR count). The van der Waals surface area contributed by atoms with E-state index in [1.807, 2.05) is 32.0 Å². The van der Waals surface area contributed by atoms with E-state index in [1.165, 1.54) is 4.68 Å². The highest BCUT2D eigenvalue weighted by atomic mass is 16.2. The quantitative estimate of drug-likeness (QED) is 0.639. The minimum atomic E-state index is -0.491. The minimum Gasteiger partial charge on any atom is -0.312 e. The summed E-state index contributed by atoms with van der Waals surface area (Å²) < 4.78 is 1.45. The number of nitrogens with zero attached hydrogens (tertiary/aromatic N) is 4. The molecular weight excluding hydrogens is 420 g/mol. The molecule has 0 unspecified atom stereocenters. The van der Waals surface area contributed by atoms with Gasteiger partial charge in [-0.2, -0.15) is 9.78 Å². The van der Waals surface area contributed by atoms with Gasteiger partial charge in [0.25, 0.3) is 5.56 Å². The summed E-state index contributed by atoms with van der Waals surface area (Å²) in [5.74, 6) is -0.138. The third kappa shape index (κ3) is 3.83. The van der Waals surface area contributed by atoms with Crippen molar-refractivity contribution in [3.63, 3.8) is 0 Å². The molecule has 1 fully saturated rings. The Labute approximate surface area is 190 Å². The molecule has 1 aliphatic heterocycles. The van der Waals surface area contributed by atoms with Crippen LogP contribution < -0.4 is 15.8 Å². The highest BCUT2D eigenvalue weighted by Crippen LogP contribution is 2.28. The Kier molecular flexibility index (Phi) is 5.11. The second-order valence-corrected chi connectivity index (χ2v) is 8.91. The van der Waals surface area contributed by atoms with E-state index in [-0.39, 0.29) is 29.7 Å². The van der Waals surface area contributed by atoms with E-state index in [4.69, 9.17) is 0 Å². The van der Waals surface area contributed by atoms with Gasteiger partial charge >= 0.3 is 0 Å². The van der Waals surface area contributed by atoms with Gasteiger partial charge in [-0.1, -0.05) is 6.07 Å². The topological polar surface area (TPSA) is 113 Å². The molecule has 2 aliphatic rings. The van der Waals surface area contributed by atoms with E-state index >= 15 is 0 Å². The third-order valence-corrected chi connectivity index (χ3v) is 6.51. The number of H-pyrrole nitrogens is 1. The van der Waals surface area contributed by atoms with E-state index in [0.717, 1.165) is 47.3 Å². The molecule has 1 saturated heterocycles. The van der Waals surface area contributed by atoms with Crippen LogP contribution in [-0.4, -0.2) is 38.1 Å². The molecule has 1 atom stereocenters. The van der Waals surface area contributed by atoms with Crippen LogP contribution in [0.1, 0.15) is 40.9 Å². The first kappa shape index (κ1) is 21.1. The zero-order valence-corrected chi connectivity index (χ0v) is 18.9. The lowest BCUT2D eigenvalue weighted by Crippen LogP contribution is -2.29. The number of amides is 2. The number of aryl methyl sites for hydroxylation is 4. The molecular formula is C24H26N6O3. The molecule has 2 aromatic heterocycles. The average molecular weight is 447 g/mol. The number of anilines is 2. The Bertz CT molecular complexity index is 1340. The highest BCUT2D eigenvalue weighted by Gasteiger charge is 2.35. The van der Waals surface area contributed by atoms with Crippen LogP contribution in [0.4, 0.5) is 11.5 Å².